The standard InChI is InChI=1S/C18H20Cl4N4.CH4O3S/c1-3-6-26(9-11-4-5-11)18-15(22)17(23-10(2)24-18)25-16-13(20)7-12(19)8-14(16)21;1-5(2,3)4/h7-8,11H,3-6,9H2,1-2H3,(H,23,24,25);1H3,(H,2,3,4). The Morgan fingerprint density at radius 3 is 2.19 bits per heavy atom. The Kier molecular flexibility index (Phi) is 9.48. The Morgan fingerprint density at radius 1 is 1.16 bits per heavy atom. The highest BCUT2D eigenvalue weighted by atomic mass is 35.5. The maximum absolute atomic E-state index is 9.19. The van der Waals surface area contributed by atoms with Gasteiger partial charge in [-0.15, -0.1) is 0 Å². The number of anilines is 3. The van der Waals surface area contributed by atoms with E-state index in [0.717, 1.165) is 31.2 Å². The van der Waals surface area contributed by atoms with Gasteiger partial charge in [-0.1, -0.05) is 53.3 Å². The van der Waals surface area contributed by atoms with Crippen molar-refractivity contribution in [2.75, 3.05) is 29.6 Å². The van der Waals surface area contributed by atoms with Crippen LogP contribution in [0.1, 0.15) is 32.0 Å². The second kappa shape index (κ2) is 11.2. The minimum absolute atomic E-state index is 0.403. The van der Waals surface area contributed by atoms with Crippen LogP contribution in [0.3, 0.4) is 0 Å². The molecule has 0 unspecified atom stereocenters. The summed E-state index contributed by atoms with van der Waals surface area (Å²) in [5, 5.41) is 4.89. The molecular formula is C19H24Cl4N4O3S. The molecule has 7 nitrogen and oxygen atoms in total. The smallest absolute Gasteiger partial charge is 0.261 e. The summed E-state index contributed by atoms with van der Waals surface area (Å²) in [5.74, 6) is 2.59. The number of nitrogens with zero attached hydrogens (tertiary/aromatic N) is 3. The number of rotatable bonds is 7. The Bertz CT molecular complexity index is 1000. The van der Waals surface area contributed by atoms with Crippen LogP contribution >= 0.6 is 46.4 Å². The molecule has 0 spiro atoms. The molecule has 2 aromatic rings. The summed E-state index contributed by atoms with van der Waals surface area (Å²) in [4.78, 5) is 11.3. The van der Waals surface area contributed by atoms with Crippen LogP contribution in [0, 0.1) is 12.8 Å². The maximum atomic E-state index is 9.19. The van der Waals surface area contributed by atoms with Gasteiger partial charge in [-0.3, -0.25) is 4.55 Å². The van der Waals surface area contributed by atoms with Crippen molar-refractivity contribution in [1.82, 2.24) is 9.97 Å². The van der Waals surface area contributed by atoms with E-state index in [1.165, 1.54) is 12.8 Å². The molecule has 1 aliphatic carbocycles. The second-order valence-corrected chi connectivity index (χ2v) is 10.3. The number of halogens is 4. The third-order valence-corrected chi connectivity index (χ3v) is 5.33. The molecule has 0 atom stereocenters. The quantitative estimate of drug-likeness (QED) is 0.408. The van der Waals surface area contributed by atoms with Crippen molar-refractivity contribution in [3.05, 3.63) is 38.0 Å². The van der Waals surface area contributed by atoms with Crippen LogP contribution in [0.4, 0.5) is 17.3 Å². The van der Waals surface area contributed by atoms with Gasteiger partial charge in [-0.2, -0.15) is 8.42 Å². The predicted molar refractivity (Wildman–Crippen MR) is 129 cm³/mol. The van der Waals surface area contributed by atoms with E-state index in [1.54, 1.807) is 12.1 Å². The SMILES string of the molecule is CCCN(CC1CC1)c1nc(C)nc(Nc2c(Cl)cc(Cl)cc2Cl)c1Cl.CS(=O)(=O)O. The monoisotopic (exact) mass is 528 g/mol. The summed E-state index contributed by atoms with van der Waals surface area (Å²) in [5.41, 5.74) is 0.521. The highest BCUT2D eigenvalue weighted by molar-refractivity contribution is 7.85. The van der Waals surface area contributed by atoms with Gasteiger partial charge in [0.05, 0.1) is 22.0 Å². The Labute approximate surface area is 202 Å². The van der Waals surface area contributed by atoms with Crippen LogP contribution < -0.4 is 10.2 Å². The lowest BCUT2D eigenvalue weighted by Gasteiger charge is -2.25. The van der Waals surface area contributed by atoms with Crippen molar-refractivity contribution in [2.24, 2.45) is 5.92 Å². The van der Waals surface area contributed by atoms with E-state index in [0.29, 0.717) is 43.7 Å². The van der Waals surface area contributed by atoms with Gasteiger partial charge in [0.2, 0.25) is 0 Å². The zero-order valence-electron chi connectivity index (χ0n) is 17.3. The molecule has 0 amide bonds. The average molecular weight is 530 g/mol. The summed E-state index contributed by atoms with van der Waals surface area (Å²) in [6, 6.07) is 3.24. The molecule has 172 valence electrons. The van der Waals surface area contributed by atoms with Crippen LogP contribution in [0.5, 0.6) is 0 Å². The fourth-order valence-corrected chi connectivity index (χ4v) is 3.94. The first-order valence-corrected chi connectivity index (χ1v) is 12.9. The Morgan fingerprint density at radius 2 is 1.71 bits per heavy atom. The lowest BCUT2D eigenvalue weighted by molar-refractivity contribution is 0.490. The fraction of sp³-hybridized carbons (Fsp3) is 0.474. The first kappa shape index (κ1) is 26.2. The van der Waals surface area contributed by atoms with E-state index in [2.05, 4.69) is 27.1 Å². The summed E-state index contributed by atoms with van der Waals surface area (Å²) in [6.07, 6.45) is 4.27. The molecule has 1 fully saturated rings. The molecule has 1 aliphatic rings. The fourth-order valence-electron chi connectivity index (χ4n) is 2.78. The molecule has 12 heteroatoms. The van der Waals surface area contributed by atoms with Gasteiger partial charge in [0.15, 0.2) is 11.6 Å². The highest BCUT2D eigenvalue weighted by Gasteiger charge is 2.27. The van der Waals surface area contributed by atoms with Gasteiger partial charge in [0, 0.05) is 18.1 Å². The van der Waals surface area contributed by atoms with Crippen LogP contribution in [0.2, 0.25) is 20.1 Å². The maximum Gasteiger partial charge on any atom is 0.261 e. The molecule has 0 aliphatic heterocycles. The van der Waals surface area contributed by atoms with E-state index in [1.807, 2.05) is 6.92 Å². The molecule has 0 bridgehead atoms. The molecule has 1 saturated carbocycles. The van der Waals surface area contributed by atoms with Gasteiger partial charge in [-0.25, -0.2) is 9.97 Å². The van der Waals surface area contributed by atoms with Gasteiger partial charge in [0.25, 0.3) is 10.1 Å². The normalized spacial score (nSPS) is 13.4. The van der Waals surface area contributed by atoms with Crippen molar-refractivity contribution >= 4 is 73.8 Å². The van der Waals surface area contributed by atoms with E-state index < -0.39 is 10.1 Å². The predicted octanol–water partition coefficient (Wildman–Crippen LogP) is 6.27. The topological polar surface area (TPSA) is 95.4 Å². The molecule has 1 aromatic carbocycles. The van der Waals surface area contributed by atoms with Gasteiger partial charge >= 0.3 is 0 Å². The van der Waals surface area contributed by atoms with Crippen LogP contribution in [-0.4, -0.2) is 42.3 Å². The summed E-state index contributed by atoms with van der Waals surface area (Å²) >= 11 is 25.2. The first-order valence-electron chi connectivity index (χ1n) is 9.52. The molecule has 1 heterocycles. The number of aromatic nitrogens is 2. The lowest BCUT2D eigenvalue weighted by Crippen LogP contribution is -2.28. The molecule has 0 radical (unpaired) electrons. The lowest BCUT2D eigenvalue weighted by atomic mass is 10.3. The van der Waals surface area contributed by atoms with Gasteiger partial charge in [-0.05, 0) is 44.2 Å². The molecule has 0 saturated heterocycles. The number of hydrogen-bond acceptors (Lipinski definition) is 6. The first-order chi connectivity index (χ1) is 14.4. The van der Waals surface area contributed by atoms with Crippen molar-refractivity contribution < 1.29 is 13.0 Å². The zero-order chi connectivity index (χ0) is 23.3. The van der Waals surface area contributed by atoms with E-state index in [4.69, 9.17) is 51.0 Å². The third kappa shape index (κ3) is 8.79. The van der Waals surface area contributed by atoms with Gasteiger partial charge < -0.3 is 10.2 Å². The number of hydrogen-bond donors (Lipinski definition) is 2. The largest absolute Gasteiger partial charge is 0.355 e. The second-order valence-electron chi connectivity index (χ2n) is 7.25. The molecule has 1 aromatic heterocycles. The van der Waals surface area contributed by atoms with Crippen molar-refractivity contribution in [2.45, 2.75) is 33.1 Å². The minimum atomic E-state index is -3.67. The van der Waals surface area contributed by atoms with E-state index in [9.17, 15) is 8.42 Å². The van der Waals surface area contributed by atoms with E-state index in [-0.39, 0.29) is 0 Å². The molecule has 31 heavy (non-hydrogen) atoms. The number of benzene rings is 1. The van der Waals surface area contributed by atoms with Crippen LogP contribution in [0.25, 0.3) is 0 Å². The van der Waals surface area contributed by atoms with Crippen molar-refractivity contribution in [1.29, 1.82) is 0 Å². The Hall–Kier alpha value is -1.03. The summed E-state index contributed by atoms with van der Waals surface area (Å²) < 4.78 is 25.9. The number of nitrogens with one attached hydrogen (secondary N) is 1. The molecule has 2 N–H and O–H groups in total. The molecular weight excluding hydrogens is 506 g/mol. The van der Waals surface area contributed by atoms with E-state index >= 15 is 0 Å². The van der Waals surface area contributed by atoms with Crippen molar-refractivity contribution in [3.63, 3.8) is 0 Å². The van der Waals surface area contributed by atoms with Crippen LogP contribution in [0.15, 0.2) is 12.1 Å². The average Bonchev–Trinajstić information content (AvgIpc) is 3.43. The zero-order valence-corrected chi connectivity index (χ0v) is 21.1. The minimum Gasteiger partial charge on any atom is -0.355 e. The molecule has 3 rings (SSSR count). The third-order valence-electron chi connectivity index (χ3n) is 4.16. The summed E-state index contributed by atoms with van der Waals surface area (Å²) in [7, 11) is -3.67. The summed E-state index contributed by atoms with van der Waals surface area (Å²) in [6.45, 7) is 5.85. The van der Waals surface area contributed by atoms with Gasteiger partial charge in [0.1, 0.15) is 10.8 Å². The number of aryl methyl sites for hydroxylation is 1. The van der Waals surface area contributed by atoms with Crippen LogP contribution in [-0.2, 0) is 10.1 Å². The highest BCUT2D eigenvalue weighted by Crippen LogP contribution is 2.39. The Balaban J connectivity index is 0.000000614. The van der Waals surface area contributed by atoms with Crippen molar-refractivity contribution in [3.8, 4) is 0 Å².